The molecule has 9 nitrogen and oxygen atoms in total. The minimum absolute atomic E-state index is 0.0433. The third-order valence-corrected chi connectivity index (χ3v) is 10.2. The predicted molar refractivity (Wildman–Crippen MR) is 157 cm³/mol. The minimum Gasteiger partial charge on any atom is -0.496 e. The molecule has 0 radical (unpaired) electrons. The molecule has 0 unspecified atom stereocenters. The van der Waals surface area contributed by atoms with Crippen LogP contribution in [0.5, 0.6) is 5.75 Å². The van der Waals surface area contributed by atoms with Crippen LogP contribution in [0.3, 0.4) is 0 Å². The fourth-order valence-electron chi connectivity index (χ4n) is 5.74. The number of aromatic nitrogens is 3. The van der Waals surface area contributed by atoms with E-state index in [4.69, 9.17) is 9.72 Å². The highest BCUT2D eigenvalue weighted by molar-refractivity contribution is 7.88. The molecule has 214 valence electrons. The Balaban J connectivity index is 1.46. The van der Waals surface area contributed by atoms with Crippen LogP contribution >= 0.6 is 11.3 Å². The SMILES string of the molecule is C=CC(=O)N1CC(n2cc(-c3nc(C4CCN(S(C)(=O)=O)CC4)c4ccsc4c3-c3ccc(F)cc3OC)cn2)C1. The molecule has 5 heterocycles. The number of sulfonamides is 1. The molecule has 0 N–H and O–H groups in total. The highest BCUT2D eigenvalue weighted by Gasteiger charge is 2.33. The Labute approximate surface area is 241 Å². The Bertz CT molecular complexity index is 1750. The normalized spacial score (nSPS) is 17.1. The number of benzene rings is 1. The second-order valence-electron chi connectivity index (χ2n) is 10.5. The molecule has 0 atom stereocenters. The molecule has 0 bridgehead atoms. The number of amides is 1. The molecule has 3 aromatic heterocycles. The van der Waals surface area contributed by atoms with Gasteiger partial charge in [-0.25, -0.2) is 17.1 Å². The maximum atomic E-state index is 14.2. The number of thiophene rings is 1. The summed E-state index contributed by atoms with van der Waals surface area (Å²) in [4.78, 5) is 18.9. The quantitative estimate of drug-likeness (QED) is 0.288. The van der Waals surface area contributed by atoms with Crippen LogP contribution in [-0.2, 0) is 14.8 Å². The third kappa shape index (κ3) is 5.04. The Hall–Kier alpha value is -3.61. The van der Waals surface area contributed by atoms with Crippen LogP contribution in [0.4, 0.5) is 4.39 Å². The summed E-state index contributed by atoms with van der Waals surface area (Å²) in [6.07, 6.45) is 7.61. The van der Waals surface area contributed by atoms with Gasteiger partial charge in [-0.05, 0) is 42.5 Å². The van der Waals surface area contributed by atoms with E-state index in [-0.39, 0.29) is 17.9 Å². The number of piperidine rings is 1. The lowest BCUT2D eigenvalue weighted by atomic mass is 9.89. The van der Waals surface area contributed by atoms with Crippen molar-refractivity contribution in [1.29, 1.82) is 0 Å². The summed E-state index contributed by atoms with van der Waals surface area (Å²) in [7, 11) is -1.73. The molecule has 41 heavy (non-hydrogen) atoms. The van der Waals surface area contributed by atoms with Gasteiger partial charge in [-0.3, -0.25) is 14.5 Å². The van der Waals surface area contributed by atoms with E-state index in [9.17, 15) is 17.6 Å². The average molecular weight is 596 g/mol. The van der Waals surface area contributed by atoms with Crippen molar-refractivity contribution in [2.45, 2.75) is 24.8 Å². The topological polar surface area (TPSA) is 97.6 Å². The van der Waals surface area contributed by atoms with Crippen molar-refractivity contribution in [3.63, 3.8) is 0 Å². The second-order valence-corrected chi connectivity index (χ2v) is 13.4. The van der Waals surface area contributed by atoms with E-state index in [2.05, 4.69) is 17.7 Å². The maximum Gasteiger partial charge on any atom is 0.246 e. The van der Waals surface area contributed by atoms with Gasteiger partial charge < -0.3 is 9.64 Å². The molecule has 0 spiro atoms. The summed E-state index contributed by atoms with van der Waals surface area (Å²) < 4.78 is 48.5. The summed E-state index contributed by atoms with van der Waals surface area (Å²) >= 11 is 1.58. The number of carbonyl (C=O) groups excluding carboxylic acids is 1. The van der Waals surface area contributed by atoms with Gasteiger partial charge in [0.25, 0.3) is 0 Å². The Kier molecular flexibility index (Phi) is 7.16. The smallest absolute Gasteiger partial charge is 0.246 e. The van der Waals surface area contributed by atoms with Gasteiger partial charge in [0.2, 0.25) is 15.9 Å². The lowest BCUT2D eigenvalue weighted by Gasteiger charge is -2.38. The molecule has 0 saturated carbocycles. The largest absolute Gasteiger partial charge is 0.496 e. The van der Waals surface area contributed by atoms with E-state index in [0.29, 0.717) is 50.5 Å². The van der Waals surface area contributed by atoms with E-state index in [1.165, 1.54) is 35.9 Å². The molecule has 1 amide bonds. The fraction of sp³-hybridized carbons (Fsp3) is 0.345. The van der Waals surface area contributed by atoms with E-state index >= 15 is 0 Å². The Morgan fingerprint density at radius 2 is 1.98 bits per heavy atom. The zero-order chi connectivity index (χ0) is 28.9. The number of pyridine rings is 1. The van der Waals surface area contributed by atoms with Crippen LogP contribution in [0.1, 0.15) is 30.5 Å². The van der Waals surface area contributed by atoms with Gasteiger partial charge in [0.15, 0.2) is 0 Å². The fourth-order valence-corrected chi connectivity index (χ4v) is 7.58. The Morgan fingerprint density at radius 1 is 1.22 bits per heavy atom. The molecule has 1 aromatic carbocycles. The number of rotatable bonds is 7. The van der Waals surface area contributed by atoms with Crippen molar-refractivity contribution in [1.82, 2.24) is 24.0 Å². The van der Waals surface area contributed by atoms with Crippen LogP contribution in [0.15, 0.2) is 54.7 Å². The third-order valence-electron chi connectivity index (χ3n) is 7.98. The molecule has 4 aromatic rings. The van der Waals surface area contributed by atoms with Crippen molar-refractivity contribution in [2.75, 3.05) is 39.5 Å². The molecule has 0 aliphatic carbocycles. The highest BCUT2D eigenvalue weighted by Crippen LogP contribution is 2.46. The first-order valence-corrected chi connectivity index (χ1v) is 16.1. The number of carbonyl (C=O) groups is 1. The van der Waals surface area contributed by atoms with Crippen molar-refractivity contribution in [2.24, 2.45) is 0 Å². The summed E-state index contributed by atoms with van der Waals surface area (Å²) in [5.74, 6) is -0.0148. The molecule has 2 aliphatic rings. The number of likely N-dealkylation sites (tertiary alicyclic amines) is 1. The van der Waals surface area contributed by atoms with Gasteiger partial charge >= 0.3 is 0 Å². The van der Waals surface area contributed by atoms with Crippen molar-refractivity contribution < 1.29 is 22.3 Å². The van der Waals surface area contributed by atoms with Gasteiger partial charge in [0.05, 0.1) is 37.0 Å². The standard InChI is InChI=1S/C29H30FN5O4S2/c1-4-25(36)33-16-21(17-33)35-15-19(14-31-35)28-26(22-6-5-20(30)13-24(22)39-2)29-23(9-12-40-29)27(32-28)18-7-10-34(11-8-18)41(3,37)38/h4-6,9,12-15,18,21H,1,7-8,10-11,16-17H2,2-3H3. The zero-order valence-corrected chi connectivity index (χ0v) is 24.4. The van der Waals surface area contributed by atoms with E-state index in [1.807, 2.05) is 16.3 Å². The molecule has 2 saturated heterocycles. The van der Waals surface area contributed by atoms with Crippen LogP contribution in [-0.4, -0.2) is 77.8 Å². The number of fused-ring (bicyclic) bond motifs is 1. The van der Waals surface area contributed by atoms with Gasteiger partial charge in [-0.1, -0.05) is 6.58 Å². The number of halogens is 1. The van der Waals surface area contributed by atoms with Crippen molar-refractivity contribution >= 4 is 37.4 Å². The summed E-state index contributed by atoms with van der Waals surface area (Å²) in [5.41, 5.74) is 3.98. The first-order chi connectivity index (χ1) is 19.7. The number of methoxy groups -OCH3 is 1. The van der Waals surface area contributed by atoms with Crippen LogP contribution in [0, 0.1) is 5.82 Å². The molecule has 2 fully saturated rings. The molecule has 6 rings (SSSR count). The number of hydrogen-bond donors (Lipinski definition) is 0. The Morgan fingerprint density at radius 3 is 2.66 bits per heavy atom. The number of ether oxygens (including phenoxy) is 1. The lowest BCUT2D eigenvalue weighted by molar-refractivity contribution is -0.131. The van der Waals surface area contributed by atoms with E-state index in [0.717, 1.165) is 32.5 Å². The second kappa shape index (κ2) is 10.7. The van der Waals surface area contributed by atoms with Gasteiger partial charge in [-0.15, -0.1) is 11.3 Å². The summed E-state index contributed by atoms with van der Waals surface area (Å²) in [5, 5.41) is 7.65. The van der Waals surface area contributed by atoms with Crippen molar-refractivity contribution in [3.8, 4) is 28.1 Å². The monoisotopic (exact) mass is 595 g/mol. The van der Waals surface area contributed by atoms with Gasteiger partial charge in [0, 0.05) is 71.1 Å². The predicted octanol–water partition coefficient (Wildman–Crippen LogP) is 4.68. The zero-order valence-electron chi connectivity index (χ0n) is 22.8. The van der Waals surface area contributed by atoms with Crippen LogP contribution < -0.4 is 4.74 Å². The van der Waals surface area contributed by atoms with Crippen LogP contribution in [0.25, 0.3) is 32.5 Å². The van der Waals surface area contributed by atoms with E-state index < -0.39 is 15.8 Å². The van der Waals surface area contributed by atoms with Gasteiger partial charge in [0.1, 0.15) is 11.6 Å². The summed E-state index contributed by atoms with van der Waals surface area (Å²) in [6.45, 7) is 5.54. The van der Waals surface area contributed by atoms with E-state index in [1.54, 1.807) is 28.5 Å². The van der Waals surface area contributed by atoms with Crippen molar-refractivity contribution in [3.05, 3.63) is 66.2 Å². The molecule has 2 aliphatic heterocycles. The first-order valence-electron chi connectivity index (χ1n) is 13.3. The maximum absolute atomic E-state index is 14.2. The number of nitrogens with zero attached hydrogens (tertiary/aromatic N) is 5. The van der Waals surface area contributed by atoms with Crippen LogP contribution in [0.2, 0.25) is 0 Å². The lowest BCUT2D eigenvalue weighted by Crippen LogP contribution is -2.50. The average Bonchev–Trinajstić information content (AvgIpc) is 3.61. The highest BCUT2D eigenvalue weighted by atomic mass is 32.2. The molecular weight excluding hydrogens is 565 g/mol. The van der Waals surface area contributed by atoms with Gasteiger partial charge in [-0.2, -0.15) is 5.10 Å². The first kappa shape index (κ1) is 27.6. The summed E-state index contributed by atoms with van der Waals surface area (Å²) in [6, 6.07) is 6.60. The number of hydrogen-bond acceptors (Lipinski definition) is 7. The minimum atomic E-state index is -3.25. The molecular formula is C29H30FN5O4S2. The molecule has 12 heteroatoms.